The van der Waals surface area contributed by atoms with Gasteiger partial charge in [-0.2, -0.15) is 0 Å². The first-order valence-corrected chi connectivity index (χ1v) is 21.0. The van der Waals surface area contributed by atoms with Crippen molar-refractivity contribution < 1.29 is 14.4 Å². The molecule has 3 aromatic heterocycles. The molecule has 2 N–H and O–H groups in total. The molecular weight excluding hydrogens is 753 g/mol. The molecule has 5 aromatic rings. The molecule has 0 radical (unpaired) electrons. The Kier molecular flexibility index (Phi) is 11.0. The number of thiazole rings is 1. The van der Waals surface area contributed by atoms with E-state index in [1.54, 1.807) is 27.6 Å². The number of hydrogen-bond acceptors (Lipinski definition) is 9. The van der Waals surface area contributed by atoms with Crippen LogP contribution in [0.25, 0.3) is 15.4 Å². The molecule has 3 unspecified atom stereocenters. The fourth-order valence-electron chi connectivity index (χ4n) is 7.50. The van der Waals surface area contributed by atoms with Crippen LogP contribution < -0.4 is 10.6 Å². The highest BCUT2D eigenvalue weighted by Gasteiger charge is 2.42. The Labute approximate surface area is 342 Å². The summed E-state index contributed by atoms with van der Waals surface area (Å²) in [6.07, 6.45) is 1.24. The minimum Gasteiger partial charge on any atom is -0.348 e. The van der Waals surface area contributed by atoms with Crippen LogP contribution in [0, 0.1) is 45.0 Å². The van der Waals surface area contributed by atoms with Crippen LogP contribution in [0.2, 0.25) is 0 Å². The third-order valence-electron chi connectivity index (χ3n) is 10.8. The lowest BCUT2D eigenvalue weighted by molar-refractivity contribution is -0.143. The van der Waals surface area contributed by atoms with Gasteiger partial charge in [0.05, 0.1) is 27.8 Å². The molecule has 0 saturated carbocycles. The van der Waals surface area contributed by atoms with Crippen LogP contribution in [0.1, 0.15) is 110 Å². The average Bonchev–Trinajstić information content (AvgIpc) is 3.97. The number of rotatable bonds is 7. The van der Waals surface area contributed by atoms with Gasteiger partial charge in [-0.05, 0) is 88.6 Å². The van der Waals surface area contributed by atoms with E-state index in [1.807, 2.05) is 103 Å². The molecule has 57 heavy (non-hydrogen) atoms. The number of carbonyl (C=O) groups is 3. The molecule has 4 atom stereocenters. The van der Waals surface area contributed by atoms with E-state index in [0.29, 0.717) is 24.9 Å². The van der Waals surface area contributed by atoms with E-state index in [0.717, 1.165) is 55.2 Å². The fraction of sp³-hybridized carbons (Fsp3) is 0.386. The fourth-order valence-corrected chi connectivity index (χ4v) is 9.53. The molecule has 3 amide bonds. The molecule has 1 fully saturated rings. The second-order valence-electron chi connectivity index (χ2n) is 16.0. The van der Waals surface area contributed by atoms with Crippen molar-refractivity contribution >= 4 is 46.1 Å². The molecule has 2 aromatic carbocycles. The normalized spacial score (nSPS) is 17.4. The minimum absolute atomic E-state index is 0.196. The van der Waals surface area contributed by atoms with Crippen molar-refractivity contribution in [2.24, 2.45) is 10.4 Å². The monoisotopic (exact) mass is 800 g/mol. The van der Waals surface area contributed by atoms with Crippen LogP contribution in [0.15, 0.2) is 59.0 Å². The summed E-state index contributed by atoms with van der Waals surface area (Å²) in [5.74, 6) is 6.25. The summed E-state index contributed by atoms with van der Waals surface area (Å²) >= 11 is 3.31. The predicted molar refractivity (Wildman–Crippen MR) is 226 cm³/mol. The number of thiophene rings is 1. The van der Waals surface area contributed by atoms with Crippen molar-refractivity contribution in [2.75, 3.05) is 6.54 Å². The summed E-state index contributed by atoms with van der Waals surface area (Å²) in [5.41, 5.74) is 8.96. The molecule has 0 spiro atoms. The number of aryl methyl sites for hydroxylation is 3. The number of fused-ring (bicyclic) bond motifs is 3. The zero-order valence-electron chi connectivity index (χ0n) is 33.9. The smallest absolute Gasteiger partial charge is 0.296 e. The Hall–Kier alpha value is -5.45. The number of aliphatic imine (C=N–C) groups is 1. The number of nitrogens with one attached hydrogen (secondary N) is 2. The van der Waals surface area contributed by atoms with E-state index in [1.165, 1.54) is 10.4 Å². The molecule has 11 nitrogen and oxygen atoms in total. The van der Waals surface area contributed by atoms with Crippen LogP contribution in [0.5, 0.6) is 0 Å². The van der Waals surface area contributed by atoms with Gasteiger partial charge in [-0.3, -0.25) is 23.9 Å². The summed E-state index contributed by atoms with van der Waals surface area (Å²) in [7, 11) is 0. The Morgan fingerprint density at radius 2 is 1.65 bits per heavy atom. The molecule has 0 aliphatic carbocycles. The van der Waals surface area contributed by atoms with Crippen LogP contribution in [-0.2, 0) is 14.4 Å². The first-order valence-electron chi connectivity index (χ1n) is 19.3. The highest BCUT2D eigenvalue weighted by atomic mass is 32.1. The first kappa shape index (κ1) is 39.8. The van der Waals surface area contributed by atoms with Gasteiger partial charge in [-0.15, -0.1) is 32.9 Å². The highest BCUT2D eigenvalue weighted by molar-refractivity contribution is 7.15. The van der Waals surface area contributed by atoms with E-state index in [2.05, 4.69) is 56.1 Å². The molecule has 7 rings (SSSR count). The quantitative estimate of drug-likeness (QED) is 0.166. The Bertz CT molecular complexity index is 2440. The summed E-state index contributed by atoms with van der Waals surface area (Å²) < 4.78 is 2.11. The summed E-state index contributed by atoms with van der Waals surface area (Å²) in [6, 6.07) is 13.9. The number of aromatic nitrogens is 4. The van der Waals surface area contributed by atoms with Gasteiger partial charge in [0.2, 0.25) is 11.8 Å². The largest absolute Gasteiger partial charge is 0.348 e. The molecule has 5 heterocycles. The van der Waals surface area contributed by atoms with Crippen molar-refractivity contribution in [3.63, 3.8) is 0 Å². The van der Waals surface area contributed by atoms with Gasteiger partial charge >= 0.3 is 0 Å². The number of nitrogens with zero attached hydrogens (tertiary/aromatic N) is 6. The van der Waals surface area contributed by atoms with E-state index in [4.69, 9.17) is 4.99 Å². The number of carbonyl (C=O) groups excluding carboxylic acids is 3. The van der Waals surface area contributed by atoms with Gasteiger partial charge in [-0.1, -0.05) is 63.1 Å². The summed E-state index contributed by atoms with van der Waals surface area (Å²) in [6.45, 7) is 18.3. The molecule has 294 valence electrons. The van der Waals surface area contributed by atoms with Crippen LogP contribution in [0.3, 0.4) is 0 Å². The Morgan fingerprint density at radius 1 is 0.947 bits per heavy atom. The van der Waals surface area contributed by atoms with Gasteiger partial charge in [0.15, 0.2) is 5.82 Å². The highest BCUT2D eigenvalue weighted by Crippen LogP contribution is 2.38. The Balaban J connectivity index is 1.02. The van der Waals surface area contributed by atoms with E-state index in [9.17, 15) is 14.4 Å². The molecule has 13 heteroatoms. The molecule has 2 aliphatic rings. The standard InChI is InChI=1S/C44H48N8O3S2/c1-24-28(5)57-43-36(24)37(46-27(4)40-50-49-29(6)52(40)43)32-15-12-30(13-16-32)14-21-35(53)48-39(44(7,8)9)42(55)51-22-10-11-34(51)41(54)47-25(2)31-17-19-33(20-18-31)38-26(3)45-23-56-38/h12-13,15-20,23,25,27,34,39H,10-11,22H2,1-9H3,(H,47,54)(H,48,53)/t25?,27-,34?,39?/m0/s1. The number of benzene rings is 2. The van der Waals surface area contributed by atoms with Gasteiger partial charge in [0, 0.05) is 34.0 Å². The van der Waals surface area contributed by atoms with Crippen molar-refractivity contribution in [1.29, 1.82) is 0 Å². The third-order valence-corrected chi connectivity index (χ3v) is 13.0. The van der Waals surface area contributed by atoms with Gasteiger partial charge in [-0.25, -0.2) is 4.98 Å². The lowest BCUT2D eigenvalue weighted by Crippen LogP contribution is -2.57. The van der Waals surface area contributed by atoms with E-state index in [-0.39, 0.29) is 23.9 Å². The minimum atomic E-state index is -0.884. The average molecular weight is 801 g/mol. The zero-order valence-corrected chi connectivity index (χ0v) is 35.5. The van der Waals surface area contributed by atoms with Crippen LogP contribution in [-0.4, -0.2) is 66.7 Å². The maximum Gasteiger partial charge on any atom is 0.296 e. The lowest BCUT2D eigenvalue weighted by atomic mass is 9.85. The lowest BCUT2D eigenvalue weighted by Gasteiger charge is -2.35. The summed E-state index contributed by atoms with van der Waals surface area (Å²) in [5, 5.41) is 15.9. The molecule has 2 aliphatic heterocycles. The topological polar surface area (TPSA) is 134 Å². The Morgan fingerprint density at radius 3 is 2.32 bits per heavy atom. The van der Waals surface area contributed by atoms with Crippen molar-refractivity contribution in [1.82, 2.24) is 35.3 Å². The molecular formula is C44H48N8O3S2. The van der Waals surface area contributed by atoms with Crippen molar-refractivity contribution in [3.05, 3.63) is 104 Å². The first-order chi connectivity index (χ1) is 27.1. The van der Waals surface area contributed by atoms with E-state index < -0.39 is 23.4 Å². The van der Waals surface area contributed by atoms with Crippen molar-refractivity contribution in [3.8, 4) is 27.3 Å². The zero-order chi connectivity index (χ0) is 40.8. The van der Waals surface area contributed by atoms with Crippen LogP contribution in [0.4, 0.5) is 0 Å². The number of amides is 3. The predicted octanol–water partition coefficient (Wildman–Crippen LogP) is 7.35. The second-order valence-corrected chi connectivity index (χ2v) is 18.0. The maximum atomic E-state index is 14.1. The molecule has 0 bridgehead atoms. The van der Waals surface area contributed by atoms with Gasteiger partial charge in [0.25, 0.3) is 5.91 Å². The van der Waals surface area contributed by atoms with Gasteiger partial charge < -0.3 is 15.5 Å². The van der Waals surface area contributed by atoms with Gasteiger partial charge in [0.1, 0.15) is 29.0 Å². The summed E-state index contributed by atoms with van der Waals surface area (Å²) in [4.78, 5) is 54.5. The van der Waals surface area contributed by atoms with E-state index >= 15 is 0 Å². The number of likely N-dealkylation sites (tertiary alicyclic amines) is 1. The molecule has 1 saturated heterocycles. The maximum absolute atomic E-state index is 14.1. The third kappa shape index (κ3) is 7.93. The van der Waals surface area contributed by atoms with Crippen molar-refractivity contribution in [2.45, 2.75) is 99.3 Å². The van der Waals surface area contributed by atoms with Crippen LogP contribution >= 0.6 is 22.7 Å². The second kappa shape index (κ2) is 15.8. The number of hydrogen-bond donors (Lipinski definition) is 2. The SMILES string of the molecule is Cc1ncsc1-c1ccc(C(C)NC(=O)C2CCCN2C(=O)C(NC(=O)C#Cc2ccc(C3=N[C@@H](C)c4nnc(C)n4-c4sc(C)c(C)c43)cc2)C(C)(C)C)cc1.